The Bertz CT molecular complexity index is 768. The second-order valence-corrected chi connectivity index (χ2v) is 6.76. The summed E-state index contributed by atoms with van der Waals surface area (Å²) in [5.74, 6) is 1.86. The van der Waals surface area contributed by atoms with Crippen LogP contribution < -0.4 is 9.47 Å². The summed E-state index contributed by atoms with van der Waals surface area (Å²) in [5, 5.41) is 0. The summed E-state index contributed by atoms with van der Waals surface area (Å²) in [5.41, 5.74) is 2.99. The Balaban J connectivity index is 1.86. The normalized spacial score (nSPS) is 13.7. The lowest BCUT2D eigenvalue weighted by molar-refractivity contribution is 0.101. The molecule has 0 bridgehead atoms. The van der Waals surface area contributed by atoms with Crippen LogP contribution in [0.2, 0.25) is 0 Å². The zero-order valence-electron chi connectivity index (χ0n) is 15.8. The Morgan fingerprint density at radius 1 is 1.08 bits per heavy atom. The third-order valence-corrected chi connectivity index (χ3v) is 4.77. The van der Waals surface area contributed by atoms with Gasteiger partial charge in [0.1, 0.15) is 11.5 Å². The number of ether oxygens (including phenoxy) is 2. The lowest BCUT2D eigenvalue weighted by atomic mass is 10.1. The molecule has 0 saturated heterocycles. The maximum Gasteiger partial charge on any atom is 0.159 e. The predicted molar refractivity (Wildman–Crippen MR) is 103 cm³/mol. The highest BCUT2D eigenvalue weighted by molar-refractivity contribution is 5.94. The van der Waals surface area contributed by atoms with E-state index in [0.717, 1.165) is 35.7 Å². The second kappa shape index (κ2) is 8.37. The van der Waals surface area contributed by atoms with Crippen LogP contribution in [0.5, 0.6) is 11.5 Å². The second-order valence-electron chi connectivity index (χ2n) is 6.76. The molecule has 0 radical (unpaired) electrons. The van der Waals surface area contributed by atoms with Crippen LogP contribution in [0, 0.1) is 0 Å². The number of hydrogen-bond donors (Lipinski definition) is 0. The van der Waals surface area contributed by atoms with Gasteiger partial charge < -0.3 is 9.47 Å². The molecule has 1 fully saturated rings. The van der Waals surface area contributed by atoms with Crippen molar-refractivity contribution in [3.8, 4) is 11.5 Å². The topological polar surface area (TPSA) is 38.8 Å². The number of benzene rings is 2. The third-order valence-electron chi connectivity index (χ3n) is 4.77. The van der Waals surface area contributed by atoms with Crippen molar-refractivity contribution in [1.82, 2.24) is 4.90 Å². The zero-order valence-corrected chi connectivity index (χ0v) is 15.8. The number of para-hydroxylation sites is 1. The molecule has 0 heterocycles. The third kappa shape index (κ3) is 4.44. The molecule has 1 saturated carbocycles. The summed E-state index contributed by atoms with van der Waals surface area (Å²) < 4.78 is 11.3. The molecule has 0 atom stereocenters. The van der Waals surface area contributed by atoms with E-state index in [0.29, 0.717) is 12.6 Å². The fourth-order valence-electron chi connectivity index (χ4n) is 3.24. The van der Waals surface area contributed by atoms with Gasteiger partial charge in [-0.1, -0.05) is 18.2 Å². The standard InChI is InChI=1S/C22H27NO3/c1-4-26-22-12-9-17(16(2)24)13-19(22)15-23(20-10-11-20)14-18-7-5-6-8-21(18)25-3/h5-9,12-13,20H,4,10-11,14-15H2,1-3H3. The lowest BCUT2D eigenvalue weighted by Crippen LogP contribution is -2.25. The van der Waals surface area contributed by atoms with E-state index in [2.05, 4.69) is 11.0 Å². The first kappa shape index (κ1) is 18.5. The predicted octanol–water partition coefficient (Wildman–Crippen LogP) is 4.46. The maximum atomic E-state index is 11.8. The maximum absolute atomic E-state index is 11.8. The van der Waals surface area contributed by atoms with Gasteiger partial charge in [0.2, 0.25) is 0 Å². The van der Waals surface area contributed by atoms with Crippen LogP contribution >= 0.6 is 0 Å². The lowest BCUT2D eigenvalue weighted by Gasteiger charge is -2.24. The Hall–Kier alpha value is -2.33. The Morgan fingerprint density at radius 2 is 1.81 bits per heavy atom. The molecule has 0 unspecified atom stereocenters. The highest BCUT2D eigenvalue weighted by atomic mass is 16.5. The molecule has 0 aliphatic heterocycles. The van der Waals surface area contributed by atoms with Crippen LogP contribution in [0.4, 0.5) is 0 Å². The van der Waals surface area contributed by atoms with Gasteiger partial charge in [-0.05, 0) is 51.0 Å². The van der Waals surface area contributed by atoms with E-state index >= 15 is 0 Å². The number of nitrogens with zero attached hydrogens (tertiary/aromatic N) is 1. The molecule has 4 nitrogen and oxygen atoms in total. The summed E-state index contributed by atoms with van der Waals surface area (Å²) >= 11 is 0. The van der Waals surface area contributed by atoms with Crippen molar-refractivity contribution in [2.24, 2.45) is 0 Å². The Labute approximate surface area is 155 Å². The molecular weight excluding hydrogens is 326 g/mol. The van der Waals surface area contributed by atoms with E-state index in [1.807, 2.05) is 43.3 Å². The molecule has 4 heteroatoms. The smallest absolute Gasteiger partial charge is 0.159 e. The van der Waals surface area contributed by atoms with Crippen LogP contribution in [0.3, 0.4) is 0 Å². The first-order chi connectivity index (χ1) is 12.6. The molecule has 1 aliphatic carbocycles. The molecule has 138 valence electrons. The van der Waals surface area contributed by atoms with Gasteiger partial charge in [0, 0.05) is 35.8 Å². The van der Waals surface area contributed by atoms with E-state index in [-0.39, 0.29) is 5.78 Å². The quantitative estimate of drug-likeness (QED) is 0.624. The number of ketones is 1. The molecule has 1 aliphatic rings. The molecule has 26 heavy (non-hydrogen) atoms. The van der Waals surface area contributed by atoms with E-state index < -0.39 is 0 Å². The van der Waals surface area contributed by atoms with Gasteiger partial charge in [0.25, 0.3) is 0 Å². The summed E-state index contributed by atoms with van der Waals surface area (Å²) in [7, 11) is 1.71. The van der Waals surface area contributed by atoms with Gasteiger partial charge >= 0.3 is 0 Å². The first-order valence-corrected chi connectivity index (χ1v) is 9.25. The van der Waals surface area contributed by atoms with Gasteiger partial charge in [0.15, 0.2) is 5.78 Å². The van der Waals surface area contributed by atoms with Gasteiger partial charge in [-0.15, -0.1) is 0 Å². The van der Waals surface area contributed by atoms with E-state index in [4.69, 9.17) is 9.47 Å². The number of carbonyl (C=O) groups excluding carboxylic acids is 1. The summed E-state index contributed by atoms with van der Waals surface area (Å²) in [6.07, 6.45) is 2.43. The number of methoxy groups -OCH3 is 1. The fourth-order valence-corrected chi connectivity index (χ4v) is 3.24. The van der Waals surface area contributed by atoms with Crippen molar-refractivity contribution in [2.75, 3.05) is 13.7 Å². The Morgan fingerprint density at radius 3 is 2.46 bits per heavy atom. The number of Topliss-reactive ketones (excluding diaryl/α,β-unsaturated/α-hetero) is 1. The number of rotatable bonds is 9. The molecule has 2 aromatic carbocycles. The fraction of sp³-hybridized carbons (Fsp3) is 0.409. The highest BCUT2D eigenvalue weighted by Crippen LogP contribution is 2.33. The van der Waals surface area contributed by atoms with Gasteiger partial charge in [0.05, 0.1) is 13.7 Å². The van der Waals surface area contributed by atoms with Crippen LogP contribution in [-0.2, 0) is 13.1 Å². The van der Waals surface area contributed by atoms with Gasteiger partial charge in [-0.25, -0.2) is 0 Å². The van der Waals surface area contributed by atoms with Crippen molar-refractivity contribution in [3.05, 3.63) is 59.2 Å². The van der Waals surface area contributed by atoms with E-state index in [9.17, 15) is 4.79 Å². The summed E-state index contributed by atoms with van der Waals surface area (Å²) in [4.78, 5) is 14.3. The molecule has 0 spiro atoms. The zero-order chi connectivity index (χ0) is 18.5. The van der Waals surface area contributed by atoms with Crippen LogP contribution in [0.25, 0.3) is 0 Å². The molecule has 0 N–H and O–H groups in total. The monoisotopic (exact) mass is 353 g/mol. The van der Waals surface area contributed by atoms with Crippen molar-refractivity contribution >= 4 is 5.78 Å². The van der Waals surface area contributed by atoms with Crippen LogP contribution in [0.15, 0.2) is 42.5 Å². The molecular formula is C22H27NO3. The molecule has 3 rings (SSSR count). The average Bonchev–Trinajstić information content (AvgIpc) is 3.48. The van der Waals surface area contributed by atoms with Crippen molar-refractivity contribution in [3.63, 3.8) is 0 Å². The SMILES string of the molecule is CCOc1ccc(C(C)=O)cc1CN(Cc1ccccc1OC)C1CC1. The highest BCUT2D eigenvalue weighted by Gasteiger charge is 2.30. The minimum atomic E-state index is 0.0806. The first-order valence-electron chi connectivity index (χ1n) is 9.25. The summed E-state index contributed by atoms with van der Waals surface area (Å²) in [6.45, 7) is 5.79. The van der Waals surface area contributed by atoms with Crippen molar-refractivity contribution in [1.29, 1.82) is 0 Å². The van der Waals surface area contributed by atoms with Crippen molar-refractivity contribution < 1.29 is 14.3 Å². The van der Waals surface area contributed by atoms with Crippen LogP contribution in [0.1, 0.15) is 48.2 Å². The molecule has 0 aromatic heterocycles. The van der Waals surface area contributed by atoms with E-state index in [1.54, 1.807) is 14.0 Å². The van der Waals surface area contributed by atoms with Gasteiger partial charge in [-0.2, -0.15) is 0 Å². The molecule has 0 amide bonds. The van der Waals surface area contributed by atoms with E-state index in [1.165, 1.54) is 18.4 Å². The average molecular weight is 353 g/mol. The molecule has 2 aromatic rings. The summed E-state index contributed by atoms with van der Waals surface area (Å²) in [6, 6.07) is 14.5. The number of carbonyl (C=O) groups is 1. The van der Waals surface area contributed by atoms with Crippen molar-refractivity contribution in [2.45, 2.75) is 45.8 Å². The Kier molecular flexibility index (Phi) is 5.94. The van der Waals surface area contributed by atoms with Crippen LogP contribution in [-0.4, -0.2) is 30.4 Å². The minimum absolute atomic E-state index is 0.0806. The largest absolute Gasteiger partial charge is 0.496 e. The van der Waals surface area contributed by atoms with Gasteiger partial charge in [-0.3, -0.25) is 9.69 Å². The number of hydrogen-bond acceptors (Lipinski definition) is 4. The minimum Gasteiger partial charge on any atom is -0.496 e.